The van der Waals surface area contributed by atoms with Crippen molar-refractivity contribution in [2.24, 2.45) is 5.73 Å². The summed E-state index contributed by atoms with van der Waals surface area (Å²) in [4.78, 5) is 0. The second kappa shape index (κ2) is 10.3. The van der Waals surface area contributed by atoms with Crippen LogP contribution < -0.4 is 5.73 Å². The Morgan fingerprint density at radius 3 is 2.43 bits per heavy atom. The molecule has 0 saturated carbocycles. The van der Waals surface area contributed by atoms with Crippen molar-refractivity contribution >= 4 is 0 Å². The van der Waals surface area contributed by atoms with Gasteiger partial charge in [-0.25, -0.2) is 0 Å². The predicted molar refractivity (Wildman–Crippen MR) is 65.2 cm³/mol. The summed E-state index contributed by atoms with van der Waals surface area (Å²) in [5.41, 5.74) is 6.71. The van der Waals surface area contributed by atoms with Gasteiger partial charge in [-0.05, 0) is 44.7 Å². The van der Waals surface area contributed by atoms with E-state index in [0.29, 0.717) is 0 Å². The standard InChI is InChI=1S/C13H23N/c1-3-5-10-13(4-2)11-8-6-7-9-12-14/h4-5,8,10-11H,3,6-7,9,12,14H2,1-2H3. The summed E-state index contributed by atoms with van der Waals surface area (Å²) in [7, 11) is 0. The molecule has 0 aliphatic rings. The molecule has 0 saturated heterocycles. The van der Waals surface area contributed by atoms with Crippen LogP contribution in [-0.2, 0) is 0 Å². The Morgan fingerprint density at radius 2 is 1.86 bits per heavy atom. The lowest BCUT2D eigenvalue weighted by atomic mass is 10.1. The molecular weight excluding hydrogens is 170 g/mol. The summed E-state index contributed by atoms with van der Waals surface area (Å²) in [6.07, 6.45) is 15.4. The van der Waals surface area contributed by atoms with Crippen LogP contribution in [0.2, 0.25) is 0 Å². The number of hydrogen-bond acceptors (Lipinski definition) is 1. The molecule has 0 aromatic rings. The number of allylic oxidation sites excluding steroid dienone is 6. The molecule has 0 rings (SSSR count). The highest BCUT2D eigenvalue weighted by molar-refractivity contribution is 5.29. The predicted octanol–water partition coefficient (Wildman–Crippen LogP) is 3.58. The van der Waals surface area contributed by atoms with Crippen LogP contribution >= 0.6 is 0 Å². The molecule has 14 heavy (non-hydrogen) atoms. The van der Waals surface area contributed by atoms with Gasteiger partial charge in [0.2, 0.25) is 0 Å². The van der Waals surface area contributed by atoms with Crippen LogP contribution in [0.1, 0.15) is 39.5 Å². The van der Waals surface area contributed by atoms with Crippen molar-refractivity contribution in [2.75, 3.05) is 6.54 Å². The fourth-order valence-corrected chi connectivity index (χ4v) is 1.13. The number of unbranched alkanes of at least 4 members (excludes halogenated alkanes) is 2. The van der Waals surface area contributed by atoms with E-state index in [0.717, 1.165) is 25.8 Å². The van der Waals surface area contributed by atoms with Crippen molar-refractivity contribution < 1.29 is 0 Å². The van der Waals surface area contributed by atoms with Crippen molar-refractivity contribution in [1.82, 2.24) is 0 Å². The zero-order valence-corrected chi connectivity index (χ0v) is 9.50. The Bertz CT molecular complexity index is 199. The molecule has 0 aliphatic carbocycles. The molecule has 0 heterocycles. The van der Waals surface area contributed by atoms with E-state index in [4.69, 9.17) is 5.73 Å². The van der Waals surface area contributed by atoms with Gasteiger partial charge in [0.15, 0.2) is 0 Å². The monoisotopic (exact) mass is 193 g/mol. The first-order valence-corrected chi connectivity index (χ1v) is 5.54. The fraction of sp³-hybridized carbons (Fsp3) is 0.538. The average molecular weight is 193 g/mol. The molecule has 0 aromatic heterocycles. The molecule has 0 radical (unpaired) electrons. The van der Waals surface area contributed by atoms with Crippen LogP contribution in [0.5, 0.6) is 0 Å². The minimum Gasteiger partial charge on any atom is -0.330 e. The van der Waals surface area contributed by atoms with Crippen LogP contribution in [0.25, 0.3) is 0 Å². The lowest BCUT2D eigenvalue weighted by molar-refractivity contribution is 0.758. The SMILES string of the molecule is CC=C(C=CCC)C=CCCCCN. The lowest BCUT2D eigenvalue weighted by Crippen LogP contribution is -1.96. The highest BCUT2D eigenvalue weighted by atomic mass is 14.5. The highest BCUT2D eigenvalue weighted by Gasteiger charge is 1.84. The van der Waals surface area contributed by atoms with E-state index < -0.39 is 0 Å². The first-order valence-electron chi connectivity index (χ1n) is 5.54. The molecule has 0 amide bonds. The Balaban J connectivity index is 3.76. The minimum absolute atomic E-state index is 0.806. The molecule has 0 aromatic carbocycles. The first-order chi connectivity index (χ1) is 6.85. The van der Waals surface area contributed by atoms with E-state index >= 15 is 0 Å². The maximum Gasteiger partial charge on any atom is -0.00772 e. The second-order valence-electron chi connectivity index (χ2n) is 3.29. The number of nitrogens with two attached hydrogens (primary N) is 1. The molecule has 0 fully saturated rings. The van der Waals surface area contributed by atoms with Gasteiger partial charge in [-0.2, -0.15) is 0 Å². The van der Waals surface area contributed by atoms with Crippen molar-refractivity contribution in [2.45, 2.75) is 39.5 Å². The summed E-state index contributed by atoms with van der Waals surface area (Å²) < 4.78 is 0. The summed E-state index contributed by atoms with van der Waals surface area (Å²) in [6, 6.07) is 0. The third-order valence-electron chi connectivity index (χ3n) is 2.01. The van der Waals surface area contributed by atoms with Crippen LogP contribution in [0.3, 0.4) is 0 Å². The molecule has 1 nitrogen and oxygen atoms in total. The maximum atomic E-state index is 5.42. The largest absolute Gasteiger partial charge is 0.330 e. The van der Waals surface area contributed by atoms with Gasteiger partial charge < -0.3 is 5.73 Å². The van der Waals surface area contributed by atoms with E-state index in [2.05, 4.69) is 44.2 Å². The molecule has 0 aliphatic heterocycles. The molecule has 80 valence electrons. The van der Waals surface area contributed by atoms with Gasteiger partial charge >= 0.3 is 0 Å². The Kier molecular flexibility index (Phi) is 9.66. The van der Waals surface area contributed by atoms with E-state index in [1.165, 1.54) is 12.0 Å². The third-order valence-corrected chi connectivity index (χ3v) is 2.01. The van der Waals surface area contributed by atoms with Gasteiger partial charge in [0.25, 0.3) is 0 Å². The lowest BCUT2D eigenvalue weighted by Gasteiger charge is -1.94. The van der Waals surface area contributed by atoms with Crippen LogP contribution in [-0.4, -0.2) is 6.54 Å². The second-order valence-corrected chi connectivity index (χ2v) is 3.29. The fourth-order valence-electron chi connectivity index (χ4n) is 1.13. The molecular formula is C13H23N. The van der Waals surface area contributed by atoms with E-state index in [1.54, 1.807) is 0 Å². The normalized spacial score (nSPS) is 13.2. The van der Waals surface area contributed by atoms with Gasteiger partial charge in [-0.3, -0.25) is 0 Å². The van der Waals surface area contributed by atoms with Crippen molar-refractivity contribution in [3.8, 4) is 0 Å². The van der Waals surface area contributed by atoms with Crippen molar-refractivity contribution in [3.05, 3.63) is 36.0 Å². The zero-order valence-electron chi connectivity index (χ0n) is 9.50. The topological polar surface area (TPSA) is 26.0 Å². The average Bonchev–Trinajstić information content (AvgIpc) is 2.22. The molecule has 1 heteroatoms. The summed E-state index contributed by atoms with van der Waals surface area (Å²) in [5, 5.41) is 0. The molecule has 0 spiro atoms. The Hall–Kier alpha value is -0.820. The highest BCUT2D eigenvalue weighted by Crippen LogP contribution is 2.03. The van der Waals surface area contributed by atoms with Crippen molar-refractivity contribution in [3.63, 3.8) is 0 Å². The van der Waals surface area contributed by atoms with E-state index in [9.17, 15) is 0 Å². The molecule has 0 bridgehead atoms. The zero-order chi connectivity index (χ0) is 10.6. The Labute approximate surface area is 88.4 Å². The maximum absolute atomic E-state index is 5.42. The minimum atomic E-state index is 0.806. The summed E-state index contributed by atoms with van der Waals surface area (Å²) >= 11 is 0. The molecule has 2 N–H and O–H groups in total. The van der Waals surface area contributed by atoms with Crippen molar-refractivity contribution in [1.29, 1.82) is 0 Å². The van der Waals surface area contributed by atoms with Gasteiger partial charge in [0.05, 0.1) is 0 Å². The van der Waals surface area contributed by atoms with Crippen LogP contribution in [0.4, 0.5) is 0 Å². The number of hydrogen-bond donors (Lipinski definition) is 1. The third kappa shape index (κ3) is 7.81. The molecule has 0 atom stereocenters. The number of rotatable bonds is 7. The summed E-state index contributed by atoms with van der Waals surface area (Å²) in [6.45, 7) is 5.02. The van der Waals surface area contributed by atoms with E-state index in [1.807, 2.05) is 0 Å². The van der Waals surface area contributed by atoms with Gasteiger partial charge in [-0.1, -0.05) is 37.3 Å². The van der Waals surface area contributed by atoms with Gasteiger partial charge in [0.1, 0.15) is 0 Å². The summed E-state index contributed by atoms with van der Waals surface area (Å²) in [5.74, 6) is 0. The first kappa shape index (κ1) is 13.2. The quantitative estimate of drug-likeness (QED) is 0.485. The Morgan fingerprint density at radius 1 is 1.14 bits per heavy atom. The van der Waals surface area contributed by atoms with Crippen LogP contribution in [0, 0.1) is 0 Å². The van der Waals surface area contributed by atoms with Gasteiger partial charge in [0, 0.05) is 0 Å². The van der Waals surface area contributed by atoms with E-state index in [-0.39, 0.29) is 0 Å². The smallest absolute Gasteiger partial charge is 0.00772 e. The van der Waals surface area contributed by atoms with Crippen LogP contribution in [0.15, 0.2) is 36.0 Å². The van der Waals surface area contributed by atoms with Gasteiger partial charge in [-0.15, -0.1) is 0 Å². The molecule has 0 unspecified atom stereocenters.